The third-order valence-corrected chi connectivity index (χ3v) is 6.12. The van der Waals surface area contributed by atoms with Gasteiger partial charge in [0.2, 0.25) is 5.91 Å². The number of carbonyl (C=O) groups is 1. The Balaban J connectivity index is 1.79. The van der Waals surface area contributed by atoms with Gasteiger partial charge in [-0.1, -0.05) is 41.6 Å². The number of nitrogens with zero attached hydrogens (tertiary/aromatic N) is 3. The summed E-state index contributed by atoms with van der Waals surface area (Å²) in [4.78, 5) is 32.7. The Bertz CT molecular complexity index is 1070. The van der Waals surface area contributed by atoms with Crippen LogP contribution in [-0.2, 0) is 4.79 Å². The molecule has 2 aromatic carbocycles. The minimum Gasteiger partial charge on any atom is -0.342 e. The Hall–Kier alpha value is -2.60. The SMILES string of the molecule is Cc1ccc(-n2c(S[C@@H](C)C(=O)N3CCCC3)nc3ccccc3c2=O)cc1. The van der Waals surface area contributed by atoms with E-state index in [1.807, 2.05) is 61.2 Å². The van der Waals surface area contributed by atoms with Gasteiger partial charge in [0, 0.05) is 13.1 Å². The molecule has 1 saturated heterocycles. The van der Waals surface area contributed by atoms with Gasteiger partial charge in [0.1, 0.15) is 0 Å². The number of rotatable bonds is 4. The predicted octanol–water partition coefficient (Wildman–Crippen LogP) is 3.80. The van der Waals surface area contributed by atoms with E-state index in [-0.39, 0.29) is 16.7 Å². The molecule has 0 aliphatic carbocycles. The molecule has 1 aromatic heterocycles. The molecule has 5 nitrogen and oxygen atoms in total. The fourth-order valence-electron chi connectivity index (χ4n) is 3.52. The van der Waals surface area contributed by atoms with Crippen molar-refractivity contribution in [3.63, 3.8) is 0 Å². The van der Waals surface area contributed by atoms with Gasteiger partial charge in [0.25, 0.3) is 5.56 Å². The minimum absolute atomic E-state index is 0.111. The normalized spacial score (nSPS) is 15.1. The maximum absolute atomic E-state index is 13.3. The van der Waals surface area contributed by atoms with Crippen LogP contribution in [0.2, 0.25) is 0 Å². The van der Waals surface area contributed by atoms with Crippen LogP contribution in [0.4, 0.5) is 0 Å². The lowest BCUT2D eigenvalue weighted by atomic mass is 10.2. The van der Waals surface area contributed by atoms with Crippen molar-refractivity contribution in [2.24, 2.45) is 0 Å². The van der Waals surface area contributed by atoms with Gasteiger partial charge < -0.3 is 4.90 Å². The molecule has 0 bridgehead atoms. The first-order valence-electron chi connectivity index (χ1n) is 9.59. The maximum atomic E-state index is 13.3. The summed E-state index contributed by atoms with van der Waals surface area (Å²) in [5.74, 6) is 0.111. The molecule has 4 rings (SSSR count). The number of aromatic nitrogens is 2. The summed E-state index contributed by atoms with van der Waals surface area (Å²) >= 11 is 1.35. The Labute approximate surface area is 168 Å². The van der Waals surface area contributed by atoms with Crippen LogP contribution in [0.25, 0.3) is 16.6 Å². The Morgan fingerprint density at radius 2 is 1.75 bits per heavy atom. The zero-order valence-electron chi connectivity index (χ0n) is 16.1. The zero-order chi connectivity index (χ0) is 19.7. The molecule has 1 atom stereocenters. The molecule has 3 aromatic rings. The molecule has 0 unspecified atom stereocenters. The highest BCUT2D eigenvalue weighted by atomic mass is 32.2. The summed E-state index contributed by atoms with van der Waals surface area (Å²) in [5, 5.41) is 0.821. The van der Waals surface area contributed by atoms with E-state index in [4.69, 9.17) is 4.98 Å². The van der Waals surface area contributed by atoms with Crippen molar-refractivity contribution in [2.45, 2.75) is 37.1 Å². The van der Waals surface area contributed by atoms with E-state index < -0.39 is 0 Å². The average molecular weight is 394 g/mol. The molecule has 0 N–H and O–H groups in total. The molecule has 1 aliphatic rings. The molecule has 28 heavy (non-hydrogen) atoms. The van der Waals surface area contributed by atoms with E-state index in [1.165, 1.54) is 11.8 Å². The summed E-state index contributed by atoms with van der Waals surface area (Å²) in [6, 6.07) is 15.1. The lowest BCUT2D eigenvalue weighted by Gasteiger charge is -2.21. The van der Waals surface area contributed by atoms with Gasteiger partial charge in [-0.15, -0.1) is 0 Å². The molecular weight excluding hydrogens is 370 g/mol. The van der Waals surface area contributed by atoms with Crippen molar-refractivity contribution in [3.05, 3.63) is 64.4 Å². The van der Waals surface area contributed by atoms with Gasteiger partial charge in [-0.25, -0.2) is 4.98 Å². The second-order valence-corrected chi connectivity index (χ2v) is 8.49. The highest BCUT2D eigenvalue weighted by Crippen LogP contribution is 2.27. The predicted molar refractivity (Wildman–Crippen MR) is 113 cm³/mol. The van der Waals surface area contributed by atoms with E-state index in [1.54, 1.807) is 10.6 Å². The Kier molecular flexibility index (Phi) is 5.22. The fourth-order valence-corrected chi connectivity index (χ4v) is 4.53. The number of aryl methyl sites for hydroxylation is 1. The van der Waals surface area contributed by atoms with Gasteiger partial charge in [-0.05, 0) is 51.0 Å². The lowest BCUT2D eigenvalue weighted by Crippen LogP contribution is -2.34. The first-order valence-corrected chi connectivity index (χ1v) is 10.5. The molecule has 6 heteroatoms. The van der Waals surface area contributed by atoms with Gasteiger partial charge in [-0.2, -0.15) is 0 Å². The number of likely N-dealkylation sites (tertiary alicyclic amines) is 1. The summed E-state index contributed by atoms with van der Waals surface area (Å²) in [7, 11) is 0. The van der Waals surface area contributed by atoms with Crippen LogP contribution < -0.4 is 5.56 Å². The van der Waals surface area contributed by atoms with Crippen LogP contribution in [0.1, 0.15) is 25.3 Å². The number of amides is 1. The number of hydrogen-bond acceptors (Lipinski definition) is 4. The number of thioether (sulfide) groups is 1. The van der Waals surface area contributed by atoms with Crippen molar-refractivity contribution in [3.8, 4) is 5.69 Å². The highest BCUT2D eigenvalue weighted by Gasteiger charge is 2.26. The summed E-state index contributed by atoms with van der Waals surface area (Å²) in [6.07, 6.45) is 2.12. The van der Waals surface area contributed by atoms with Crippen molar-refractivity contribution >= 4 is 28.6 Å². The molecule has 0 spiro atoms. The van der Waals surface area contributed by atoms with Crippen LogP contribution in [0.3, 0.4) is 0 Å². The quantitative estimate of drug-likeness (QED) is 0.500. The molecule has 2 heterocycles. The largest absolute Gasteiger partial charge is 0.342 e. The Morgan fingerprint density at radius 1 is 1.07 bits per heavy atom. The number of para-hydroxylation sites is 1. The zero-order valence-corrected chi connectivity index (χ0v) is 16.9. The van der Waals surface area contributed by atoms with E-state index in [2.05, 4.69) is 0 Å². The first kappa shape index (κ1) is 18.7. The van der Waals surface area contributed by atoms with Crippen LogP contribution in [0.15, 0.2) is 58.5 Å². The first-order chi connectivity index (χ1) is 13.5. The number of fused-ring (bicyclic) bond motifs is 1. The fraction of sp³-hybridized carbons (Fsp3) is 0.318. The van der Waals surface area contributed by atoms with E-state index in [0.717, 1.165) is 37.2 Å². The van der Waals surface area contributed by atoms with Crippen molar-refractivity contribution < 1.29 is 4.79 Å². The number of benzene rings is 2. The molecule has 0 saturated carbocycles. The topological polar surface area (TPSA) is 55.2 Å². The number of carbonyl (C=O) groups excluding carboxylic acids is 1. The van der Waals surface area contributed by atoms with Crippen LogP contribution in [0, 0.1) is 6.92 Å². The monoisotopic (exact) mass is 393 g/mol. The smallest absolute Gasteiger partial charge is 0.266 e. The van der Waals surface area contributed by atoms with Crippen molar-refractivity contribution in [1.82, 2.24) is 14.5 Å². The van der Waals surface area contributed by atoms with Crippen LogP contribution >= 0.6 is 11.8 Å². The van der Waals surface area contributed by atoms with E-state index in [9.17, 15) is 9.59 Å². The molecule has 0 radical (unpaired) electrons. The molecule has 144 valence electrons. The summed E-state index contributed by atoms with van der Waals surface area (Å²) in [6.45, 7) is 5.54. The van der Waals surface area contributed by atoms with Crippen molar-refractivity contribution in [1.29, 1.82) is 0 Å². The second kappa shape index (κ2) is 7.80. The van der Waals surface area contributed by atoms with Gasteiger partial charge in [-0.3, -0.25) is 14.2 Å². The lowest BCUT2D eigenvalue weighted by molar-refractivity contribution is -0.129. The van der Waals surface area contributed by atoms with Crippen LogP contribution in [0.5, 0.6) is 0 Å². The molecule has 1 fully saturated rings. The highest BCUT2D eigenvalue weighted by molar-refractivity contribution is 8.00. The Morgan fingerprint density at radius 3 is 2.46 bits per heavy atom. The molecule has 1 amide bonds. The van der Waals surface area contributed by atoms with Gasteiger partial charge >= 0.3 is 0 Å². The van der Waals surface area contributed by atoms with E-state index >= 15 is 0 Å². The van der Waals surface area contributed by atoms with E-state index in [0.29, 0.717) is 16.1 Å². The molecule has 1 aliphatic heterocycles. The number of hydrogen-bond donors (Lipinski definition) is 0. The summed E-state index contributed by atoms with van der Waals surface area (Å²) in [5.41, 5.74) is 2.42. The van der Waals surface area contributed by atoms with Gasteiger partial charge in [0.05, 0.1) is 21.8 Å². The van der Waals surface area contributed by atoms with Gasteiger partial charge in [0.15, 0.2) is 5.16 Å². The maximum Gasteiger partial charge on any atom is 0.266 e. The average Bonchev–Trinajstić information content (AvgIpc) is 3.23. The third kappa shape index (κ3) is 3.56. The minimum atomic E-state index is -0.303. The third-order valence-electron chi connectivity index (χ3n) is 5.08. The second-order valence-electron chi connectivity index (χ2n) is 7.18. The summed E-state index contributed by atoms with van der Waals surface area (Å²) < 4.78 is 1.63. The molecular formula is C22H23N3O2S. The van der Waals surface area contributed by atoms with Crippen molar-refractivity contribution in [2.75, 3.05) is 13.1 Å². The standard InChI is InChI=1S/C22H23N3O2S/c1-15-9-11-17(12-10-15)25-21(27)18-7-3-4-8-19(18)23-22(25)28-16(2)20(26)24-13-5-6-14-24/h3-4,7-12,16H,5-6,13-14H2,1-2H3/t16-/m0/s1. The van der Waals surface area contributed by atoms with Crippen LogP contribution in [-0.4, -0.2) is 38.7 Å².